The topological polar surface area (TPSA) is 80.3 Å². The third-order valence-corrected chi connectivity index (χ3v) is 4.20. The van der Waals surface area contributed by atoms with Crippen molar-refractivity contribution in [1.82, 2.24) is 4.98 Å². The van der Waals surface area contributed by atoms with Crippen LogP contribution in [0.1, 0.15) is 33.3 Å². The second-order valence-corrected chi connectivity index (χ2v) is 6.22. The van der Waals surface area contributed by atoms with E-state index in [2.05, 4.69) is 15.6 Å². The number of carbonyl (C=O) groups excluding carboxylic acids is 2. The van der Waals surface area contributed by atoms with E-state index in [1.54, 1.807) is 43.6 Å². The van der Waals surface area contributed by atoms with Crippen LogP contribution >= 0.6 is 0 Å². The molecule has 3 aromatic rings. The van der Waals surface area contributed by atoms with Crippen molar-refractivity contribution in [3.8, 4) is 5.75 Å². The molecule has 0 saturated carbocycles. The first-order chi connectivity index (χ1) is 13.5. The van der Waals surface area contributed by atoms with Crippen LogP contribution in [0.3, 0.4) is 0 Å². The van der Waals surface area contributed by atoms with Crippen LogP contribution < -0.4 is 15.4 Å². The van der Waals surface area contributed by atoms with Crippen LogP contribution in [0.15, 0.2) is 66.9 Å². The number of pyridine rings is 1. The van der Waals surface area contributed by atoms with Crippen LogP contribution in [0.5, 0.6) is 5.75 Å². The second kappa shape index (κ2) is 8.81. The van der Waals surface area contributed by atoms with Gasteiger partial charge in [-0.3, -0.25) is 9.59 Å². The highest BCUT2D eigenvalue weighted by Crippen LogP contribution is 2.15. The smallest absolute Gasteiger partial charge is 0.274 e. The number of methoxy groups -OCH3 is 1. The molecule has 0 saturated heterocycles. The standard InChI is InChI=1S/C22H21N3O3/c1-15(26)17-5-7-18(8-6-17)25-22(27)21-12-9-19(14-24-21)23-13-16-3-10-20(28-2)11-4-16/h3-12,14,23H,13H2,1-2H3,(H,25,27). The van der Waals surface area contributed by atoms with Crippen LogP contribution in [0, 0.1) is 0 Å². The van der Waals surface area contributed by atoms with E-state index in [1.165, 1.54) is 6.92 Å². The third kappa shape index (κ3) is 4.94. The number of nitrogens with zero attached hydrogens (tertiary/aromatic N) is 1. The van der Waals surface area contributed by atoms with E-state index in [9.17, 15) is 9.59 Å². The zero-order valence-corrected chi connectivity index (χ0v) is 15.7. The molecule has 6 heteroatoms. The summed E-state index contributed by atoms with van der Waals surface area (Å²) in [6.07, 6.45) is 1.62. The molecule has 6 nitrogen and oxygen atoms in total. The van der Waals surface area contributed by atoms with Gasteiger partial charge in [-0.25, -0.2) is 4.98 Å². The number of ether oxygens (including phenoxy) is 1. The number of ketones is 1. The summed E-state index contributed by atoms with van der Waals surface area (Å²) in [5, 5.41) is 6.03. The molecule has 1 heterocycles. The third-order valence-electron chi connectivity index (χ3n) is 4.20. The van der Waals surface area contributed by atoms with E-state index < -0.39 is 0 Å². The molecule has 0 spiro atoms. The molecular weight excluding hydrogens is 354 g/mol. The Kier molecular flexibility index (Phi) is 6.01. The number of rotatable bonds is 7. The van der Waals surface area contributed by atoms with E-state index in [1.807, 2.05) is 30.3 Å². The molecule has 0 radical (unpaired) electrons. The predicted molar refractivity (Wildman–Crippen MR) is 109 cm³/mol. The highest BCUT2D eigenvalue weighted by atomic mass is 16.5. The number of anilines is 2. The first-order valence-corrected chi connectivity index (χ1v) is 8.80. The summed E-state index contributed by atoms with van der Waals surface area (Å²) in [5.41, 5.74) is 3.45. The lowest BCUT2D eigenvalue weighted by molar-refractivity contribution is 0.101. The van der Waals surface area contributed by atoms with Crippen molar-refractivity contribution in [1.29, 1.82) is 0 Å². The van der Waals surface area contributed by atoms with Crippen molar-refractivity contribution in [3.63, 3.8) is 0 Å². The van der Waals surface area contributed by atoms with Crippen LogP contribution in [0.25, 0.3) is 0 Å². The summed E-state index contributed by atoms with van der Waals surface area (Å²) in [6.45, 7) is 2.14. The maximum absolute atomic E-state index is 12.3. The molecule has 0 bridgehead atoms. The number of hydrogen-bond acceptors (Lipinski definition) is 5. The van der Waals surface area contributed by atoms with Gasteiger partial charge in [0.1, 0.15) is 11.4 Å². The van der Waals surface area contributed by atoms with Gasteiger partial charge in [0.05, 0.1) is 19.0 Å². The molecule has 28 heavy (non-hydrogen) atoms. The normalized spacial score (nSPS) is 10.2. The molecule has 0 atom stereocenters. The number of carbonyl (C=O) groups is 2. The fourth-order valence-electron chi connectivity index (χ4n) is 2.56. The van der Waals surface area contributed by atoms with Gasteiger partial charge in [-0.15, -0.1) is 0 Å². The summed E-state index contributed by atoms with van der Waals surface area (Å²) in [7, 11) is 1.64. The van der Waals surface area contributed by atoms with Crippen molar-refractivity contribution in [2.24, 2.45) is 0 Å². The Morgan fingerprint density at radius 1 is 0.929 bits per heavy atom. The highest BCUT2D eigenvalue weighted by Gasteiger charge is 2.08. The molecule has 0 fully saturated rings. The molecule has 2 N–H and O–H groups in total. The summed E-state index contributed by atoms with van der Waals surface area (Å²) >= 11 is 0. The van der Waals surface area contributed by atoms with Gasteiger partial charge < -0.3 is 15.4 Å². The van der Waals surface area contributed by atoms with Crippen molar-refractivity contribution >= 4 is 23.1 Å². The monoisotopic (exact) mass is 375 g/mol. The molecule has 0 aliphatic rings. The Morgan fingerprint density at radius 3 is 2.18 bits per heavy atom. The zero-order valence-electron chi connectivity index (χ0n) is 15.7. The van der Waals surface area contributed by atoms with Gasteiger partial charge in [0.25, 0.3) is 5.91 Å². The molecule has 0 unspecified atom stereocenters. The first-order valence-electron chi connectivity index (χ1n) is 8.80. The highest BCUT2D eigenvalue weighted by molar-refractivity contribution is 6.03. The van der Waals surface area contributed by atoms with Gasteiger partial charge in [0.15, 0.2) is 5.78 Å². The fraction of sp³-hybridized carbons (Fsp3) is 0.136. The summed E-state index contributed by atoms with van der Waals surface area (Å²) in [4.78, 5) is 27.8. The number of hydrogen-bond donors (Lipinski definition) is 2. The van der Waals surface area contributed by atoms with Crippen LogP contribution in [0.2, 0.25) is 0 Å². The van der Waals surface area contributed by atoms with Crippen molar-refractivity contribution in [3.05, 3.63) is 83.7 Å². The lowest BCUT2D eigenvalue weighted by atomic mass is 10.1. The summed E-state index contributed by atoms with van der Waals surface area (Å²) in [6, 6.07) is 18.0. The van der Waals surface area contributed by atoms with E-state index in [0.717, 1.165) is 17.0 Å². The van der Waals surface area contributed by atoms with Gasteiger partial charge >= 0.3 is 0 Å². The quantitative estimate of drug-likeness (QED) is 0.606. The summed E-state index contributed by atoms with van der Waals surface area (Å²) in [5.74, 6) is 0.492. The lowest BCUT2D eigenvalue weighted by Gasteiger charge is -2.08. The largest absolute Gasteiger partial charge is 0.497 e. The number of nitrogens with one attached hydrogen (secondary N) is 2. The number of benzene rings is 2. The van der Waals surface area contributed by atoms with Crippen molar-refractivity contribution in [2.45, 2.75) is 13.5 Å². The Hall–Kier alpha value is -3.67. The van der Waals surface area contributed by atoms with Gasteiger partial charge in [0.2, 0.25) is 0 Å². The molecule has 2 aromatic carbocycles. The molecule has 1 amide bonds. The van der Waals surface area contributed by atoms with Gasteiger partial charge in [0, 0.05) is 17.8 Å². The minimum atomic E-state index is -0.308. The molecule has 3 rings (SSSR count). The number of amides is 1. The minimum absolute atomic E-state index is 0.0164. The average Bonchev–Trinajstić information content (AvgIpc) is 2.73. The van der Waals surface area contributed by atoms with Crippen LogP contribution in [-0.2, 0) is 6.54 Å². The maximum Gasteiger partial charge on any atom is 0.274 e. The molecular formula is C22H21N3O3. The van der Waals surface area contributed by atoms with Gasteiger partial charge in [-0.05, 0) is 61.0 Å². The second-order valence-electron chi connectivity index (χ2n) is 6.22. The maximum atomic E-state index is 12.3. The molecule has 0 aliphatic carbocycles. The fourth-order valence-corrected chi connectivity index (χ4v) is 2.56. The van der Waals surface area contributed by atoms with E-state index >= 15 is 0 Å². The Bertz CT molecular complexity index is 950. The Morgan fingerprint density at radius 2 is 1.61 bits per heavy atom. The lowest BCUT2D eigenvalue weighted by Crippen LogP contribution is -2.13. The number of Topliss-reactive ketones (excluding diaryl/α,β-unsaturated/α-hetero) is 1. The van der Waals surface area contributed by atoms with E-state index in [-0.39, 0.29) is 11.7 Å². The SMILES string of the molecule is COc1ccc(CNc2ccc(C(=O)Nc3ccc(C(C)=O)cc3)nc2)cc1. The Balaban J connectivity index is 1.56. The van der Waals surface area contributed by atoms with Gasteiger partial charge in [-0.2, -0.15) is 0 Å². The predicted octanol–water partition coefficient (Wildman–Crippen LogP) is 4.16. The van der Waals surface area contributed by atoms with Crippen LogP contribution in [0.4, 0.5) is 11.4 Å². The molecule has 142 valence electrons. The zero-order chi connectivity index (χ0) is 19.9. The van der Waals surface area contributed by atoms with Crippen molar-refractivity contribution < 1.29 is 14.3 Å². The molecule has 0 aliphatic heterocycles. The average molecular weight is 375 g/mol. The minimum Gasteiger partial charge on any atom is -0.497 e. The Labute approximate surface area is 163 Å². The first kappa shape index (κ1) is 19.1. The molecule has 1 aromatic heterocycles. The van der Waals surface area contributed by atoms with E-state index in [0.29, 0.717) is 23.5 Å². The van der Waals surface area contributed by atoms with Crippen molar-refractivity contribution in [2.75, 3.05) is 17.7 Å². The summed E-state index contributed by atoms with van der Waals surface area (Å²) < 4.78 is 5.14. The van der Waals surface area contributed by atoms with Gasteiger partial charge in [-0.1, -0.05) is 12.1 Å². The van der Waals surface area contributed by atoms with Crippen LogP contribution in [-0.4, -0.2) is 23.8 Å². The number of aromatic nitrogens is 1. The van der Waals surface area contributed by atoms with E-state index in [4.69, 9.17) is 4.74 Å².